The molecule has 0 radical (unpaired) electrons. The summed E-state index contributed by atoms with van der Waals surface area (Å²) in [6, 6.07) is 15.8. The van der Waals surface area contributed by atoms with Crippen LogP contribution in [0.5, 0.6) is 5.75 Å². The van der Waals surface area contributed by atoms with Crippen LogP contribution in [0.15, 0.2) is 60.9 Å². The molecular formula is C33H36FN7O. The number of hydrogen-bond acceptors (Lipinski definition) is 7. The second kappa shape index (κ2) is 10.6. The minimum Gasteiger partial charge on any atom is -0.490 e. The van der Waals surface area contributed by atoms with E-state index in [-0.39, 0.29) is 17.5 Å². The van der Waals surface area contributed by atoms with Gasteiger partial charge in [0.2, 0.25) is 0 Å². The summed E-state index contributed by atoms with van der Waals surface area (Å²) in [5.41, 5.74) is 9.69. The predicted molar refractivity (Wildman–Crippen MR) is 164 cm³/mol. The predicted octanol–water partition coefficient (Wildman–Crippen LogP) is 5.61. The largest absolute Gasteiger partial charge is 0.490 e. The number of fused-ring (bicyclic) bond motifs is 2. The van der Waals surface area contributed by atoms with Gasteiger partial charge in [-0.15, -0.1) is 0 Å². The van der Waals surface area contributed by atoms with Crippen molar-refractivity contribution in [1.29, 1.82) is 0 Å². The Morgan fingerprint density at radius 2 is 1.76 bits per heavy atom. The van der Waals surface area contributed by atoms with E-state index in [2.05, 4.69) is 21.8 Å². The molecule has 5 aromatic rings. The number of halogens is 1. The van der Waals surface area contributed by atoms with Crippen LogP contribution in [0.3, 0.4) is 0 Å². The first-order chi connectivity index (χ1) is 20.4. The molecule has 4 heterocycles. The number of likely N-dealkylation sites (N-methyl/N-ethyl adjacent to an activating group) is 1. The van der Waals surface area contributed by atoms with E-state index in [0.29, 0.717) is 45.5 Å². The zero-order chi connectivity index (χ0) is 29.0. The van der Waals surface area contributed by atoms with Crippen molar-refractivity contribution in [3.63, 3.8) is 0 Å². The fourth-order valence-electron chi connectivity index (χ4n) is 6.37. The fourth-order valence-corrected chi connectivity index (χ4v) is 6.37. The number of hydrogen-bond donors (Lipinski definition) is 1. The topological polar surface area (TPSA) is 84.8 Å². The SMILES string of the molecule is CC(C)Oc1cc(-c2ccccc2)nc2c(F)c(-c3nc(C4CC(N5CCN(C)CC5)C4)n4ccnc(N)c34)ccc12. The number of nitrogens with zero attached hydrogens (tertiary/aromatic N) is 6. The highest BCUT2D eigenvalue weighted by Gasteiger charge is 2.38. The number of pyridine rings is 1. The number of anilines is 1. The van der Waals surface area contributed by atoms with Crippen LogP contribution in [0.2, 0.25) is 0 Å². The lowest BCUT2D eigenvalue weighted by Gasteiger charge is -2.45. The Labute approximate surface area is 245 Å². The van der Waals surface area contributed by atoms with Crippen LogP contribution < -0.4 is 10.5 Å². The first kappa shape index (κ1) is 26.8. The van der Waals surface area contributed by atoms with E-state index in [4.69, 9.17) is 20.4 Å². The lowest BCUT2D eigenvalue weighted by Crippen LogP contribution is -2.52. The van der Waals surface area contributed by atoms with Gasteiger partial charge in [0.1, 0.15) is 34.1 Å². The maximum atomic E-state index is 16.6. The van der Waals surface area contributed by atoms with Crippen LogP contribution in [0.4, 0.5) is 10.2 Å². The molecular weight excluding hydrogens is 529 g/mol. The van der Waals surface area contributed by atoms with E-state index in [0.717, 1.165) is 50.4 Å². The van der Waals surface area contributed by atoms with Gasteiger partial charge in [-0.3, -0.25) is 9.30 Å². The Balaban J connectivity index is 1.31. The summed E-state index contributed by atoms with van der Waals surface area (Å²) in [6.45, 7) is 8.32. The van der Waals surface area contributed by atoms with Crippen molar-refractivity contribution in [2.45, 2.75) is 44.8 Å². The molecule has 3 aromatic heterocycles. The lowest BCUT2D eigenvalue weighted by atomic mass is 9.78. The molecule has 9 heteroatoms. The second-order valence-corrected chi connectivity index (χ2v) is 11.9. The highest BCUT2D eigenvalue weighted by atomic mass is 19.1. The van der Waals surface area contributed by atoms with E-state index in [1.54, 1.807) is 12.3 Å². The van der Waals surface area contributed by atoms with Crippen molar-refractivity contribution in [3.05, 3.63) is 72.6 Å². The van der Waals surface area contributed by atoms with Crippen LogP contribution in [0.1, 0.15) is 38.4 Å². The Morgan fingerprint density at radius 1 is 1.00 bits per heavy atom. The highest BCUT2D eigenvalue weighted by molar-refractivity contribution is 5.95. The normalized spacial score (nSPS) is 19.9. The third-order valence-corrected chi connectivity index (χ3v) is 8.71. The van der Waals surface area contributed by atoms with Crippen molar-refractivity contribution in [2.24, 2.45) is 0 Å². The first-order valence-corrected chi connectivity index (χ1v) is 14.8. The molecule has 2 aromatic carbocycles. The van der Waals surface area contributed by atoms with Gasteiger partial charge in [0.05, 0.1) is 11.8 Å². The van der Waals surface area contributed by atoms with Gasteiger partial charge in [-0.2, -0.15) is 0 Å². The third kappa shape index (κ3) is 4.66. The number of aromatic nitrogens is 4. The number of imidazole rings is 1. The molecule has 0 amide bonds. The Morgan fingerprint density at radius 3 is 2.50 bits per heavy atom. The Hall–Kier alpha value is -4.08. The summed E-state index contributed by atoms with van der Waals surface area (Å²) in [7, 11) is 2.18. The molecule has 1 aliphatic heterocycles. The van der Waals surface area contributed by atoms with Gasteiger partial charge >= 0.3 is 0 Å². The molecule has 8 nitrogen and oxygen atoms in total. The maximum absolute atomic E-state index is 16.6. The average molecular weight is 566 g/mol. The van der Waals surface area contributed by atoms with Crippen LogP contribution in [-0.4, -0.2) is 74.5 Å². The smallest absolute Gasteiger partial charge is 0.159 e. The molecule has 0 bridgehead atoms. The molecule has 216 valence electrons. The minimum absolute atomic E-state index is 0.0791. The molecule has 1 saturated heterocycles. The fraction of sp³-hybridized carbons (Fsp3) is 0.364. The quantitative estimate of drug-likeness (QED) is 0.286. The van der Waals surface area contributed by atoms with E-state index in [1.807, 2.05) is 66.9 Å². The Bertz CT molecular complexity index is 1760. The number of nitrogens with two attached hydrogens (primary N) is 1. The zero-order valence-corrected chi connectivity index (χ0v) is 24.3. The number of ether oxygens (including phenoxy) is 1. The van der Waals surface area contributed by atoms with Crippen molar-refractivity contribution < 1.29 is 9.13 Å². The lowest BCUT2D eigenvalue weighted by molar-refractivity contribution is 0.0586. The van der Waals surface area contributed by atoms with Crippen molar-refractivity contribution >= 4 is 22.2 Å². The van der Waals surface area contributed by atoms with Crippen LogP contribution in [-0.2, 0) is 0 Å². The third-order valence-electron chi connectivity index (χ3n) is 8.71. The van der Waals surface area contributed by atoms with E-state index in [9.17, 15) is 0 Å². The van der Waals surface area contributed by atoms with Gasteiger partial charge in [-0.25, -0.2) is 19.3 Å². The average Bonchev–Trinajstić information content (AvgIpc) is 3.34. The maximum Gasteiger partial charge on any atom is 0.159 e. The van der Waals surface area contributed by atoms with Crippen LogP contribution >= 0.6 is 0 Å². The highest BCUT2D eigenvalue weighted by Crippen LogP contribution is 2.43. The zero-order valence-electron chi connectivity index (χ0n) is 24.3. The van der Waals surface area contributed by atoms with Crippen LogP contribution in [0.25, 0.3) is 38.9 Å². The van der Waals surface area contributed by atoms with Gasteiger partial charge in [0.15, 0.2) is 5.82 Å². The van der Waals surface area contributed by atoms with E-state index < -0.39 is 5.82 Å². The standard InChI is InChI=1S/C33H36FN7O/c1-20(2)42-27-19-26(21-7-5-4-6-8-21)37-29-24(27)9-10-25(28(29)34)30-31-32(35)36-11-12-41(31)33(38-30)22-17-23(18-22)40-15-13-39(3)14-16-40/h4-12,19-20,22-23H,13-18H2,1-3H3,(H2,35,36). The number of piperazine rings is 1. The number of benzene rings is 2. The van der Waals surface area contributed by atoms with Crippen LogP contribution in [0, 0.1) is 5.82 Å². The number of rotatable bonds is 6. The van der Waals surface area contributed by atoms with E-state index in [1.165, 1.54) is 0 Å². The first-order valence-electron chi connectivity index (χ1n) is 14.8. The molecule has 0 unspecified atom stereocenters. The molecule has 0 atom stereocenters. The molecule has 1 aliphatic carbocycles. The molecule has 2 N–H and O–H groups in total. The summed E-state index contributed by atoms with van der Waals surface area (Å²) in [6.07, 6.45) is 5.56. The van der Waals surface area contributed by atoms with Crippen molar-refractivity contribution in [1.82, 2.24) is 29.2 Å². The second-order valence-electron chi connectivity index (χ2n) is 11.9. The summed E-state index contributed by atoms with van der Waals surface area (Å²) in [5.74, 6) is 1.66. The summed E-state index contributed by atoms with van der Waals surface area (Å²) < 4.78 is 24.8. The molecule has 42 heavy (non-hydrogen) atoms. The summed E-state index contributed by atoms with van der Waals surface area (Å²) in [5, 5.41) is 0.619. The van der Waals surface area contributed by atoms with E-state index >= 15 is 4.39 Å². The van der Waals surface area contributed by atoms with Gasteiger partial charge in [-0.05, 0) is 45.9 Å². The minimum atomic E-state index is -0.447. The van der Waals surface area contributed by atoms with Gasteiger partial charge in [0.25, 0.3) is 0 Å². The Kier molecular flexibility index (Phi) is 6.79. The van der Waals surface area contributed by atoms with Crippen molar-refractivity contribution in [2.75, 3.05) is 39.0 Å². The van der Waals surface area contributed by atoms with Gasteiger partial charge < -0.3 is 15.4 Å². The number of nitrogen functional groups attached to an aromatic ring is 1. The molecule has 7 rings (SSSR count). The molecule has 2 aliphatic rings. The van der Waals surface area contributed by atoms with Gasteiger partial charge in [-0.1, -0.05) is 30.3 Å². The molecule has 1 saturated carbocycles. The monoisotopic (exact) mass is 565 g/mol. The summed E-state index contributed by atoms with van der Waals surface area (Å²) in [4.78, 5) is 19.2. The van der Waals surface area contributed by atoms with Crippen molar-refractivity contribution in [3.8, 4) is 28.3 Å². The molecule has 2 fully saturated rings. The molecule has 0 spiro atoms. The summed E-state index contributed by atoms with van der Waals surface area (Å²) >= 11 is 0. The van der Waals surface area contributed by atoms with Gasteiger partial charge in [0, 0.05) is 73.1 Å².